The molecule has 120 valence electrons. The van der Waals surface area contributed by atoms with Crippen LogP contribution in [0.2, 0.25) is 10.0 Å². The SMILES string of the molecule is O=C(O)c1[nH]c2c(c1-c1ccc(Cl)c(Cl)c1)CCc1ccccc1-2. The van der Waals surface area contributed by atoms with Crippen molar-refractivity contribution in [2.45, 2.75) is 12.8 Å². The molecule has 0 fully saturated rings. The molecule has 1 aromatic heterocycles. The van der Waals surface area contributed by atoms with E-state index in [9.17, 15) is 9.90 Å². The predicted octanol–water partition coefficient (Wildman–Crippen LogP) is 5.45. The highest BCUT2D eigenvalue weighted by molar-refractivity contribution is 6.42. The summed E-state index contributed by atoms with van der Waals surface area (Å²) in [6.45, 7) is 0. The Morgan fingerprint density at radius 2 is 1.83 bits per heavy atom. The summed E-state index contributed by atoms with van der Waals surface area (Å²) in [5.41, 5.74) is 5.84. The van der Waals surface area contributed by atoms with Gasteiger partial charge >= 0.3 is 5.97 Å². The average molecular weight is 358 g/mol. The van der Waals surface area contributed by atoms with E-state index >= 15 is 0 Å². The Morgan fingerprint density at radius 1 is 1.04 bits per heavy atom. The summed E-state index contributed by atoms with van der Waals surface area (Å²) in [6, 6.07) is 13.3. The molecule has 5 heteroatoms. The Labute approximate surface area is 148 Å². The van der Waals surface area contributed by atoms with Gasteiger partial charge in [-0.15, -0.1) is 0 Å². The van der Waals surface area contributed by atoms with Crippen molar-refractivity contribution in [1.82, 2.24) is 4.98 Å². The van der Waals surface area contributed by atoms with Gasteiger partial charge in [0.15, 0.2) is 0 Å². The highest BCUT2D eigenvalue weighted by Crippen LogP contribution is 2.41. The molecule has 1 aliphatic rings. The van der Waals surface area contributed by atoms with Crippen molar-refractivity contribution in [1.29, 1.82) is 0 Å². The minimum Gasteiger partial charge on any atom is -0.477 e. The van der Waals surface area contributed by atoms with Crippen LogP contribution in [0.25, 0.3) is 22.4 Å². The van der Waals surface area contributed by atoms with Gasteiger partial charge in [0, 0.05) is 11.1 Å². The Kier molecular flexibility index (Phi) is 3.63. The second kappa shape index (κ2) is 5.69. The van der Waals surface area contributed by atoms with Crippen molar-refractivity contribution in [2.24, 2.45) is 0 Å². The number of aryl methyl sites for hydroxylation is 1. The minimum absolute atomic E-state index is 0.190. The van der Waals surface area contributed by atoms with E-state index in [0.717, 1.165) is 35.2 Å². The lowest BCUT2D eigenvalue weighted by molar-refractivity contribution is 0.0692. The molecule has 2 N–H and O–H groups in total. The fraction of sp³-hybridized carbons (Fsp3) is 0.105. The van der Waals surface area contributed by atoms with E-state index in [0.29, 0.717) is 15.6 Å². The van der Waals surface area contributed by atoms with E-state index in [4.69, 9.17) is 23.2 Å². The van der Waals surface area contributed by atoms with Crippen LogP contribution in [-0.4, -0.2) is 16.1 Å². The first-order valence-electron chi connectivity index (χ1n) is 7.58. The van der Waals surface area contributed by atoms with Gasteiger partial charge in [-0.05, 0) is 41.7 Å². The number of aromatic nitrogens is 1. The van der Waals surface area contributed by atoms with Gasteiger partial charge in [-0.1, -0.05) is 53.5 Å². The normalized spacial score (nSPS) is 12.6. The summed E-state index contributed by atoms with van der Waals surface area (Å²) < 4.78 is 0. The van der Waals surface area contributed by atoms with Crippen molar-refractivity contribution < 1.29 is 9.90 Å². The third-order valence-corrected chi connectivity index (χ3v) is 5.20. The zero-order valence-corrected chi connectivity index (χ0v) is 14.1. The van der Waals surface area contributed by atoms with Gasteiger partial charge < -0.3 is 10.1 Å². The number of aromatic carboxylic acids is 1. The number of hydrogen-bond acceptors (Lipinski definition) is 1. The van der Waals surface area contributed by atoms with Gasteiger partial charge in [0.05, 0.1) is 15.7 Å². The zero-order valence-electron chi connectivity index (χ0n) is 12.6. The minimum atomic E-state index is -0.983. The number of hydrogen-bond donors (Lipinski definition) is 2. The standard InChI is InChI=1S/C19H13Cl2NO2/c20-14-8-6-11(9-15(14)21)16-13-7-5-10-3-1-2-4-12(10)17(13)22-18(16)19(23)24/h1-4,6,8-9,22H,5,7H2,(H,23,24). The number of rotatable bonds is 2. The van der Waals surface area contributed by atoms with Crippen LogP contribution in [0.4, 0.5) is 0 Å². The van der Waals surface area contributed by atoms with E-state index in [1.807, 2.05) is 24.3 Å². The van der Waals surface area contributed by atoms with Gasteiger partial charge in [0.25, 0.3) is 0 Å². The van der Waals surface area contributed by atoms with Gasteiger partial charge in [0.1, 0.15) is 5.69 Å². The predicted molar refractivity (Wildman–Crippen MR) is 96.1 cm³/mol. The van der Waals surface area contributed by atoms with Crippen LogP contribution in [0.3, 0.4) is 0 Å². The van der Waals surface area contributed by atoms with Crippen LogP contribution in [0.1, 0.15) is 21.6 Å². The number of nitrogens with one attached hydrogen (secondary N) is 1. The lowest BCUT2D eigenvalue weighted by Crippen LogP contribution is -2.03. The Morgan fingerprint density at radius 3 is 2.58 bits per heavy atom. The summed E-state index contributed by atoms with van der Waals surface area (Å²) in [4.78, 5) is 14.9. The second-order valence-corrected chi connectivity index (χ2v) is 6.63. The Balaban J connectivity index is 2.00. The molecule has 1 aliphatic carbocycles. The van der Waals surface area contributed by atoms with E-state index in [1.165, 1.54) is 5.56 Å². The van der Waals surface area contributed by atoms with Crippen LogP contribution in [0, 0.1) is 0 Å². The first kappa shape index (κ1) is 15.3. The topological polar surface area (TPSA) is 53.1 Å². The van der Waals surface area contributed by atoms with Crippen molar-refractivity contribution >= 4 is 29.2 Å². The third kappa shape index (κ3) is 2.32. The third-order valence-electron chi connectivity index (χ3n) is 4.46. The van der Waals surface area contributed by atoms with Crippen LogP contribution < -0.4 is 0 Å². The molecule has 24 heavy (non-hydrogen) atoms. The number of carbonyl (C=O) groups is 1. The molecule has 3 nitrogen and oxygen atoms in total. The van der Waals surface area contributed by atoms with Crippen LogP contribution in [0.15, 0.2) is 42.5 Å². The average Bonchev–Trinajstić information content (AvgIpc) is 2.97. The van der Waals surface area contributed by atoms with Crippen molar-refractivity contribution in [3.63, 3.8) is 0 Å². The largest absolute Gasteiger partial charge is 0.477 e. The van der Waals surface area contributed by atoms with E-state index in [1.54, 1.807) is 12.1 Å². The quantitative estimate of drug-likeness (QED) is 0.640. The maximum atomic E-state index is 11.8. The highest BCUT2D eigenvalue weighted by atomic mass is 35.5. The summed E-state index contributed by atoms with van der Waals surface area (Å²) in [5.74, 6) is -0.983. The number of aromatic amines is 1. The Hall–Kier alpha value is -2.23. The summed E-state index contributed by atoms with van der Waals surface area (Å²) in [5, 5.41) is 10.5. The highest BCUT2D eigenvalue weighted by Gasteiger charge is 2.27. The van der Waals surface area contributed by atoms with Gasteiger partial charge in [-0.25, -0.2) is 4.79 Å². The lowest BCUT2D eigenvalue weighted by Gasteiger charge is -2.17. The smallest absolute Gasteiger partial charge is 0.352 e. The molecule has 0 saturated heterocycles. The number of halogens is 2. The van der Waals surface area contributed by atoms with Crippen molar-refractivity contribution in [2.75, 3.05) is 0 Å². The molecule has 0 bridgehead atoms. The fourth-order valence-corrected chi connectivity index (χ4v) is 3.69. The van der Waals surface area contributed by atoms with E-state index in [2.05, 4.69) is 11.1 Å². The number of H-pyrrole nitrogens is 1. The monoisotopic (exact) mass is 357 g/mol. The van der Waals surface area contributed by atoms with Crippen molar-refractivity contribution in [3.8, 4) is 22.4 Å². The molecule has 0 atom stereocenters. The molecular formula is C19H13Cl2NO2. The molecular weight excluding hydrogens is 345 g/mol. The van der Waals surface area contributed by atoms with Crippen LogP contribution >= 0.6 is 23.2 Å². The van der Waals surface area contributed by atoms with Gasteiger partial charge in [0.2, 0.25) is 0 Å². The van der Waals surface area contributed by atoms with E-state index in [-0.39, 0.29) is 5.69 Å². The summed E-state index contributed by atoms with van der Waals surface area (Å²) >= 11 is 12.1. The first-order valence-corrected chi connectivity index (χ1v) is 8.33. The molecule has 0 spiro atoms. The van der Waals surface area contributed by atoms with Crippen LogP contribution in [-0.2, 0) is 12.8 Å². The van der Waals surface area contributed by atoms with E-state index < -0.39 is 5.97 Å². The molecule has 0 amide bonds. The van der Waals surface area contributed by atoms with Gasteiger partial charge in [-0.2, -0.15) is 0 Å². The molecule has 0 radical (unpaired) electrons. The molecule has 4 rings (SSSR count). The molecule has 0 unspecified atom stereocenters. The fourth-order valence-electron chi connectivity index (χ4n) is 3.39. The number of benzene rings is 2. The van der Waals surface area contributed by atoms with Gasteiger partial charge in [-0.3, -0.25) is 0 Å². The molecule has 3 aromatic rings. The zero-order chi connectivity index (χ0) is 16.8. The number of carboxylic acid groups (broad SMARTS) is 1. The number of carboxylic acids is 1. The van der Waals surface area contributed by atoms with Crippen molar-refractivity contribution in [3.05, 3.63) is 69.3 Å². The lowest BCUT2D eigenvalue weighted by atomic mass is 9.87. The first-order chi connectivity index (χ1) is 11.6. The molecule has 1 heterocycles. The summed E-state index contributed by atoms with van der Waals surface area (Å²) in [6.07, 6.45) is 1.67. The number of fused-ring (bicyclic) bond motifs is 3. The second-order valence-electron chi connectivity index (χ2n) is 5.82. The maximum Gasteiger partial charge on any atom is 0.352 e. The van der Waals surface area contributed by atoms with Crippen LogP contribution in [0.5, 0.6) is 0 Å². The molecule has 2 aromatic carbocycles. The Bertz CT molecular complexity index is 975. The molecule has 0 aliphatic heterocycles. The maximum absolute atomic E-state index is 11.8. The summed E-state index contributed by atoms with van der Waals surface area (Å²) in [7, 11) is 0. The molecule has 0 saturated carbocycles.